The lowest BCUT2D eigenvalue weighted by atomic mass is 9.97. The minimum absolute atomic E-state index is 0.0717. The predicted molar refractivity (Wildman–Crippen MR) is 80.2 cm³/mol. The summed E-state index contributed by atoms with van der Waals surface area (Å²) in [7, 11) is 1.69. The molecule has 1 amide bonds. The molecule has 0 aromatic carbocycles. The Hall–Kier alpha value is -1.82. The van der Waals surface area contributed by atoms with Crippen LogP contribution in [0.2, 0.25) is 0 Å². The molecule has 1 saturated heterocycles. The first-order chi connectivity index (χ1) is 10.4. The van der Waals surface area contributed by atoms with Crippen LogP contribution in [0.3, 0.4) is 0 Å². The second-order valence-corrected chi connectivity index (χ2v) is 5.91. The Morgan fingerprint density at radius 2 is 2.14 bits per heavy atom. The molecule has 1 fully saturated rings. The summed E-state index contributed by atoms with van der Waals surface area (Å²) in [4.78, 5) is 25.4. The second-order valence-electron chi connectivity index (χ2n) is 5.91. The summed E-state index contributed by atoms with van der Waals surface area (Å²) in [5.41, 5.74) is -0.138. The van der Waals surface area contributed by atoms with E-state index in [1.165, 1.54) is 6.07 Å². The molecule has 2 heterocycles. The van der Waals surface area contributed by atoms with Gasteiger partial charge in [-0.3, -0.25) is 4.79 Å². The molecular formula is C16H23NO5. The van der Waals surface area contributed by atoms with E-state index in [0.29, 0.717) is 25.3 Å². The Labute approximate surface area is 130 Å². The number of carbonyl (C=O) groups is 2. The first kappa shape index (κ1) is 16.5. The Bertz CT molecular complexity index is 565. The van der Waals surface area contributed by atoms with Crippen molar-refractivity contribution in [2.45, 2.75) is 45.1 Å². The summed E-state index contributed by atoms with van der Waals surface area (Å²) >= 11 is 0. The van der Waals surface area contributed by atoms with Crippen LogP contribution in [-0.4, -0.2) is 47.7 Å². The summed E-state index contributed by atoms with van der Waals surface area (Å²) in [6.45, 7) is 5.05. The SMILES string of the molecule is CCc1oc(C(=O)N2CCCC(C)(OC)CC2)cc1C(=O)O. The van der Waals surface area contributed by atoms with Gasteiger partial charge < -0.3 is 19.2 Å². The standard InChI is InChI=1S/C16H23NO5/c1-4-12-11(15(19)20)10-13(22-12)14(18)17-8-5-6-16(2,21-3)7-9-17/h10H,4-9H2,1-3H3,(H,19,20). The fourth-order valence-corrected chi connectivity index (χ4v) is 2.79. The highest BCUT2D eigenvalue weighted by Gasteiger charge is 2.31. The Morgan fingerprint density at radius 1 is 1.41 bits per heavy atom. The molecular weight excluding hydrogens is 286 g/mol. The Balaban J connectivity index is 2.16. The van der Waals surface area contributed by atoms with Crippen LogP contribution in [0.15, 0.2) is 10.5 Å². The molecule has 122 valence electrons. The van der Waals surface area contributed by atoms with E-state index in [0.717, 1.165) is 19.3 Å². The average Bonchev–Trinajstić information content (AvgIpc) is 2.84. The zero-order valence-electron chi connectivity index (χ0n) is 13.3. The number of carbonyl (C=O) groups excluding carboxylic acids is 1. The number of furan rings is 1. The molecule has 1 aliphatic rings. The van der Waals surface area contributed by atoms with Crippen molar-refractivity contribution < 1.29 is 23.8 Å². The molecule has 0 saturated carbocycles. The number of rotatable bonds is 4. The van der Waals surface area contributed by atoms with E-state index in [1.807, 2.05) is 6.92 Å². The van der Waals surface area contributed by atoms with E-state index in [9.17, 15) is 9.59 Å². The molecule has 1 unspecified atom stereocenters. The van der Waals surface area contributed by atoms with Gasteiger partial charge in [-0.2, -0.15) is 0 Å². The van der Waals surface area contributed by atoms with Gasteiger partial charge in [-0.25, -0.2) is 4.79 Å². The summed E-state index contributed by atoms with van der Waals surface area (Å²) in [5, 5.41) is 9.15. The minimum Gasteiger partial charge on any atom is -0.478 e. The topological polar surface area (TPSA) is 80.0 Å². The van der Waals surface area contributed by atoms with Crippen LogP contribution >= 0.6 is 0 Å². The molecule has 1 aliphatic heterocycles. The summed E-state index contributed by atoms with van der Waals surface area (Å²) in [6.07, 6.45) is 2.94. The predicted octanol–water partition coefficient (Wildman–Crippen LogP) is 2.57. The van der Waals surface area contributed by atoms with E-state index < -0.39 is 5.97 Å². The lowest BCUT2D eigenvalue weighted by molar-refractivity contribution is -0.00544. The van der Waals surface area contributed by atoms with Crippen LogP contribution in [0, 0.1) is 0 Å². The lowest BCUT2D eigenvalue weighted by Crippen LogP contribution is -2.34. The third-order valence-electron chi connectivity index (χ3n) is 4.40. The number of nitrogens with zero attached hydrogens (tertiary/aromatic N) is 1. The molecule has 6 nitrogen and oxygen atoms in total. The van der Waals surface area contributed by atoms with Gasteiger partial charge in [-0.15, -0.1) is 0 Å². The second kappa shape index (κ2) is 6.52. The maximum absolute atomic E-state index is 12.6. The number of likely N-dealkylation sites (tertiary alicyclic amines) is 1. The van der Waals surface area contributed by atoms with E-state index in [2.05, 4.69) is 0 Å². The van der Waals surface area contributed by atoms with Crippen molar-refractivity contribution in [3.63, 3.8) is 0 Å². The average molecular weight is 309 g/mol. The van der Waals surface area contributed by atoms with Gasteiger partial charge >= 0.3 is 5.97 Å². The van der Waals surface area contributed by atoms with Crippen LogP contribution in [0.4, 0.5) is 0 Å². The van der Waals surface area contributed by atoms with Crippen LogP contribution in [0.5, 0.6) is 0 Å². The highest BCUT2D eigenvalue weighted by Crippen LogP contribution is 2.26. The molecule has 22 heavy (non-hydrogen) atoms. The van der Waals surface area contributed by atoms with Gasteiger partial charge in [-0.1, -0.05) is 6.92 Å². The number of methoxy groups -OCH3 is 1. The van der Waals surface area contributed by atoms with Gasteiger partial charge in [0.15, 0.2) is 5.76 Å². The molecule has 1 aromatic rings. The van der Waals surface area contributed by atoms with Crippen LogP contribution < -0.4 is 0 Å². The fraction of sp³-hybridized carbons (Fsp3) is 0.625. The van der Waals surface area contributed by atoms with E-state index in [1.54, 1.807) is 18.9 Å². The van der Waals surface area contributed by atoms with Crippen molar-refractivity contribution in [2.75, 3.05) is 20.2 Å². The summed E-state index contributed by atoms with van der Waals surface area (Å²) < 4.78 is 11.0. The number of hydrogen-bond donors (Lipinski definition) is 1. The molecule has 0 radical (unpaired) electrons. The number of aromatic carboxylic acids is 1. The maximum atomic E-state index is 12.6. The Morgan fingerprint density at radius 3 is 2.68 bits per heavy atom. The highest BCUT2D eigenvalue weighted by molar-refractivity contribution is 5.96. The van der Waals surface area contributed by atoms with Crippen molar-refractivity contribution in [1.82, 2.24) is 4.90 Å². The smallest absolute Gasteiger partial charge is 0.339 e. The van der Waals surface area contributed by atoms with Gasteiger partial charge in [0.05, 0.1) is 5.60 Å². The normalized spacial score (nSPS) is 22.4. The minimum atomic E-state index is -1.07. The molecule has 2 rings (SSSR count). The van der Waals surface area contributed by atoms with E-state index in [4.69, 9.17) is 14.3 Å². The first-order valence-electron chi connectivity index (χ1n) is 7.60. The van der Waals surface area contributed by atoms with Crippen molar-refractivity contribution in [2.24, 2.45) is 0 Å². The monoisotopic (exact) mass is 309 g/mol. The van der Waals surface area contributed by atoms with Crippen LogP contribution in [0.1, 0.15) is 59.8 Å². The van der Waals surface area contributed by atoms with Gasteiger partial charge in [0.2, 0.25) is 0 Å². The number of amides is 1. The zero-order valence-corrected chi connectivity index (χ0v) is 13.3. The van der Waals surface area contributed by atoms with Crippen molar-refractivity contribution in [1.29, 1.82) is 0 Å². The molecule has 1 N–H and O–H groups in total. The molecule has 0 aliphatic carbocycles. The first-order valence-corrected chi connectivity index (χ1v) is 7.60. The number of ether oxygens (including phenoxy) is 1. The van der Waals surface area contributed by atoms with E-state index in [-0.39, 0.29) is 22.8 Å². The van der Waals surface area contributed by atoms with Crippen LogP contribution in [0.25, 0.3) is 0 Å². The molecule has 1 aromatic heterocycles. The van der Waals surface area contributed by atoms with Gasteiger partial charge in [0, 0.05) is 32.7 Å². The highest BCUT2D eigenvalue weighted by atomic mass is 16.5. The number of carboxylic acid groups (broad SMARTS) is 1. The van der Waals surface area contributed by atoms with Crippen molar-refractivity contribution >= 4 is 11.9 Å². The summed E-state index contributed by atoms with van der Waals surface area (Å²) in [5.74, 6) is -0.868. The van der Waals surface area contributed by atoms with Crippen molar-refractivity contribution in [3.8, 4) is 0 Å². The number of aryl methyl sites for hydroxylation is 1. The van der Waals surface area contributed by atoms with E-state index >= 15 is 0 Å². The van der Waals surface area contributed by atoms with Crippen LogP contribution in [-0.2, 0) is 11.2 Å². The molecule has 0 spiro atoms. The lowest BCUT2D eigenvalue weighted by Gasteiger charge is -2.26. The molecule has 0 bridgehead atoms. The third kappa shape index (κ3) is 3.32. The molecule has 1 atom stereocenters. The number of carboxylic acids is 1. The molecule has 6 heteroatoms. The van der Waals surface area contributed by atoms with Gasteiger partial charge in [-0.05, 0) is 26.2 Å². The zero-order chi connectivity index (χ0) is 16.3. The number of hydrogen-bond acceptors (Lipinski definition) is 4. The van der Waals surface area contributed by atoms with Gasteiger partial charge in [0.1, 0.15) is 11.3 Å². The largest absolute Gasteiger partial charge is 0.478 e. The van der Waals surface area contributed by atoms with Gasteiger partial charge in [0.25, 0.3) is 5.91 Å². The fourth-order valence-electron chi connectivity index (χ4n) is 2.79. The Kier molecular flexibility index (Phi) is 4.90. The third-order valence-corrected chi connectivity index (χ3v) is 4.40. The maximum Gasteiger partial charge on any atom is 0.339 e. The quantitative estimate of drug-likeness (QED) is 0.924. The van der Waals surface area contributed by atoms with Crippen molar-refractivity contribution in [3.05, 3.63) is 23.2 Å². The summed E-state index contributed by atoms with van der Waals surface area (Å²) in [6, 6.07) is 1.34.